The highest BCUT2D eigenvalue weighted by Gasteiger charge is 2.27. The van der Waals surface area contributed by atoms with Crippen LogP contribution in [0.25, 0.3) is 0 Å². The molecule has 0 saturated carbocycles. The normalized spacial score (nSPS) is 14.7. The third kappa shape index (κ3) is 2.77. The fourth-order valence-electron chi connectivity index (χ4n) is 2.88. The lowest BCUT2D eigenvalue weighted by atomic mass is 10.1. The number of carbonyl (C=O) groups is 1. The molecular formula is C18H20N2O. The molecule has 21 heavy (non-hydrogen) atoms. The van der Waals surface area contributed by atoms with Crippen molar-refractivity contribution >= 4 is 17.3 Å². The van der Waals surface area contributed by atoms with E-state index in [0.29, 0.717) is 0 Å². The minimum atomic E-state index is -0.172. The van der Waals surface area contributed by atoms with Crippen molar-refractivity contribution in [2.24, 2.45) is 0 Å². The number of fused-ring (bicyclic) bond motifs is 1. The van der Waals surface area contributed by atoms with E-state index < -0.39 is 0 Å². The van der Waals surface area contributed by atoms with Crippen LogP contribution in [0.15, 0.2) is 48.5 Å². The monoisotopic (exact) mass is 280 g/mol. The van der Waals surface area contributed by atoms with Crippen molar-refractivity contribution in [3.63, 3.8) is 0 Å². The van der Waals surface area contributed by atoms with Gasteiger partial charge in [0.05, 0.1) is 0 Å². The van der Waals surface area contributed by atoms with Crippen LogP contribution in [0.4, 0.5) is 11.4 Å². The number of anilines is 2. The maximum Gasteiger partial charge on any atom is 0.246 e. The number of hydrogen-bond acceptors (Lipinski definition) is 2. The average Bonchev–Trinajstić information content (AvgIpc) is 2.90. The second kappa shape index (κ2) is 5.60. The lowest BCUT2D eigenvalue weighted by Crippen LogP contribution is -2.41. The largest absolute Gasteiger partial charge is 0.359 e. The molecule has 1 unspecified atom stereocenters. The Morgan fingerprint density at radius 3 is 2.81 bits per heavy atom. The fraction of sp³-hybridized carbons (Fsp3) is 0.278. The van der Waals surface area contributed by atoms with E-state index in [1.807, 2.05) is 44.2 Å². The van der Waals surface area contributed by atoms with Crippen molar-refractivity contribution in [2.45, 2.75) is 26.3 Å². The Morgan fingerprint density at radius 1 is 1.19 bits per heavy atom. The van der Waals surface area contributed by atoms with Crippen LogP contribution in [0.2, 0.25) is 0 Å². The third-order valence-electron chi connectivity index (χ3n) is 4.06. The molecule has 0 aromatic heterocycles. The maximum atomic E-state index is 12.5. The van der Waals surface area contributed by atoms with Crippen LogP contribution < -0.4 is 10.2 Å². The first-order valence-corrected chi connectivity index (χ1v) is 7.37. The molecular weight excluding hydrogens is 260 g/mol. The summed E-state index contributed by atoms with van der Waals surface area (Å²) >= 11 is 0. The highest BCUT2D eigenvalue weighted by atomic mass is 16.2. The summed E-state index contributed by atoms with van der Waals surface area (Å²) in [7, 11) is 0. The van der Waals surface area contributed by atoms with Crippen LogP contribution in [0.5, 0.6) is 0 Å². The van der Waals surface area contributed by atoms with E-state index in [4.69, 9.17) is 0 Å². The topological polar surface area (TPSA) is 32.3 Å². The van der Waals surface area contributed by atoms with Gasteiger partial charge >= 0.3 is 0 Å². The highest BCUT2D eigenvalue weighted by molar-refractivity contribution is 5.97. The molecule has 1 aliphatic heterocycles. The van der Waals surface area contributed by atoms with Crippen LogP contribution in [-0.4, -0.2) is 18.5 Å². The molecule has 2 aromatic carbocycles. The zero-order chi connectivity index (χ0) is 14.8. The molecule has 0 bridgehead atoms. The lowest BCUT2D eigenvalue weighted by molar-refractivity contribution is -0.117. The van der Waals surface area contributed by atoms with Gasteiger partial charge in [-0.3, -0.25) is 4.79 Å². The molecule has 3 heteroatoms. The zero-order valence-corrected chi connectivity index (χ0v) is 12.5. The van der Waals surface area contributed by atoms with Gasteiger partial charge in [-0.15, -0.1) is 0 Å². The van der Waals surface area contributed by atoms with E-state index >= 15 is 0 Å². The predicted octanol–water partition coefficient (Wildman–Crippen LogP) is 3.38. The van der Waals surface area contributed by atoms with Crippen LogP contribution in [0.1, 0.15) is 18.1 Å². The average molecular weight is 280 g/mol. The van der Waals surface area contributed by atoms with E-state index in [9.17, 15) is 4.79 Å². The van der Waals surface area contributed by atoms with Crippen LogP contribution in [-0.2, 0) is 11.2 Å². The second-order valence-corrected chi connectivity index (χ2v) is 5.61. The number of nitrogens with one attached hydrogen (secondary N) is 1. The van der Waals surface area contributed by atoms with E-state index in [2.05, 4.69) is 28.4 Å². The molecule has 3 nitrogen and oxygen atoms in total. The van der Waals surface area contributed by atoms with Gasteiger partial charge in [0.2, 0.25) is 5.91 Å². The Labute approximate surface area is 125 Å². The van der Waals surface area contributed by atoms with E-state index in [1.165, 1.54) is 11.3 Å². The minimum absolute atomic E-state index is 0.0392. The first-order valence-electron chi connectivity index (χ1n) is 7.37. The van der Waals surface area contributed by atoms with Gasteiger partial charge in [-0.1, -0.05) is 30.3 Å². The number of aryl methyl sites for hydroxylation is 1. The van der Waals surface area contributed by atoms with Crippen molar-refractivity contribution in [3.8, 4) is 0 Å². The number of nitrogens with zero attached hydrogens (tertiary/aromatic N) is 1. The Bertz CT molecular complexity index is 666. The van der Waals surface area contributed by atoms with Crippen LogP contribution >= 0.6 is 0 Å². The fourth-order valence-corrected chi connectivity index (χ4v) is 2.88. The van der Waals surface area contributed by atoms with Crippen molar-refractivity contribution in [1.82, 2.24) is 0 Å². The summed E-state index contributed by atoms with van der Waals surface area (Å²) in [5.41, 5.74) is 4.52. The summed E-state index contributed by atoms with van der Waals surface area (Å²) in [6, 6.07) is 16.0. The molecule has 1 amide bonds. The van der Waals surface area contributed by atoms with Crippen LogP contribution in [0, 0.1) is 6.92 Å². The SMILES string of the molecule is Cc1cccc(NC(=O)C(C)N2CCc3ccccc32)c1. The molecule has 0 spiro atoms. The second-order valence-electron chi connectivity index (χ2n) is 5.61. The molecule has 1 heterocycles. The maximum absolute atomic E-state index is 12.5. The summed E-state index contributed by atoms with van der Waals surface area (Å²) in [6.45, 7) is 4.89. The van der Waals surface area contributed by atoms with E-state index in [-0.39, 0.29) is 11.9 Å². The molecule has 0 aliphatic carbocycles. The van der Waals surface area contributed by atoms with Crippen molar-refractivity contribution < 1.29 is 4.79 Å². The van der Waals surface area contributed by atoms with Crippen molar-refractivity contribution in [1.29, 1.82) is 0 Å². The quantitative estimate of drug-likeness (QED) is 0.934. The van der Waals surface area contributed by atoms with Gasteiger partial charge in [-0.2, -0.15) is 0 Å². The Balaban J connectivity index is 1.74. The number of para-hydroxylation sites is 1. The van der Waals surface area contributed by atoms with E-state index in [0.717, 1.165) is 24.2 Å². The number of benzene rings is 2. The number of hydrogen-bond donors (Lipinski definition) is 1. The van der Waals surface area contributed by atoms with Gasteiger partial charge in [-0.25, -0.2) is 0 Å². The van der Waals surface area contributed by atoms with Gasteiger partial charge in [0.1, 0.15) is 6.04 Å². The minimum Gasteiger partial charge on any atom is -0.359 e. The van der Waals surface area contributed by atoms with Crippen LogP contribution in [0.3, 0.4) is 0 Å². The summed E-state index contributed by atoms with van der Waals surface area (Å²) in [6.07, 6.45) is 1.01. The molecule has 108 valence electrons. The third-order valence-corrected chi connectivity index (χ3v) is 4.06. The molecule has 0 saturated heterocycles. The molecule has 0 fully saturated rings. The molecule has 3 rings (SSSR count). The summed E-state index contributed by atoms with van der Waals surface area (Å²) in [5.74, 6) is 0.0392. The molecule has 0 radical (unpaired) electrons. The predicted molar refractivity (Wildman–Crippen MR) is 86.8 cm³/mol. The Kier molecular flexibility index (Phi) is 3.65. The smallest absolute Gasteiger partial charge is 0.246 e. The van der Waals surface area contributed by atoms with Gasteiger partial charge in [0, 0.05) is 17.9 Å². The highest BCUT2D eigenvalue weighted by Crippen LogP contribution is 2.29. The first-order chi connectivity index (χ1) is 10.1. The molecule has 1 atom stereocenters. The zero-order valence-electron chi connectivity index (χ0n) is 12.5. The summed E-state index contributed by atoms with van der Waals surface area (Å²) < 4.78 is 0. The first kappa shape index (κ1) is 13.7. The number of rotatable bonds is 3. The summed E-state index contributed by atoms with van der Waals surface area (Å²) in [5, 5.41) is 3.01. The van der Waals surface area contributed by atoms with Crippen molar-refractivity contribution in [2.75, 3.05) is 16.8 Å². The molecule has 1 N–H and O–H groups in total. The van der Waals surface area contributed by atoms with Gasteiger partial charge in [0.15, 0.2) is 0 Å². The molecule has 2 aromatic rings. The summed E-state index contributed by atoms with van der Waals surface area (Å²) in [4.78, 5) is 14.6. The number of carbonyl (C=O) groups excluding carboxylic acids is 1. The standard InChI is InChI=1S/C18H20N2O/c1-13-6-5-8-16(12-13)19-18(21)14(2)20-11-10-15-7-3-4-9-17(15)20/h3-9,12,14H,10-11H2,1-2H3,(H,19,21). The van der Waals surface area contributed by atoms with Gasteiger partial charge in [0.25, 0.3) is 0 Å². The van der Waals surface area contributed by atoms with Gasteiger partial charge in [-0.05, 0) is 49.6 Å². The van der Waals surface area contributed by atoms with Gasteiger partial charge < -0.3 is 10.2 Å². The lowest BCUT2D eigenvalue weighted by Gasteiger charge is -2.26. The Morgan fingerprint density at radius 2 is 2.00 bits per heavy atom. The Hall–Kier alpha value is -2.29. The van der Waals surface area contributed by atoms with Crippen molar-refractivity contribution in [3.05, 3.63) is 59.7 Å². The van der Waals surface area contributed by atoms with E-state index in [1.54, 1.807) is 0 Å². The number of amides is 1. The molecule has 1 aliphatic rings.